The summed E-state index contributed by atoms with van der Waals surface area (Å²) in [5.74, 6) is -0.956. The van der Waals surface area contributed by atoms with Crippen molar-refractivity contribution in [3.05, 3.63) is 35.4 Å². The van der Waals surface area contributed by atoms with E-state index in [1.165, 1.54) is 12.1 Å². The molecule has 1 rings (SSSR count). The first kappa shape index (κ1) is 9.36. The van der Waals surface area contributed by atoms with Crippen LogP contribution >= 0.6 is 23.2 Å². The Hall–Kier alpha value is -0.730. The number of alkyl halides is 2. The molecule has 0 heterocycles. The molecule has 0 amide bonds. The quantitative estimate of drug-likeness (QED) is 0.753. The van der Waals surface area contributed by atoms with Gasteiger partial charge in [-0.15, -0.1) is 23.2 Å². The molecule has 0 radical (unpaired) electrons. The first-order chi connectivity index (χ1) is 5.61. The fourth-order valence-corrected chi connectivity index (χ4v) is 1.06. The minimum atomic E-state index is -0.956. The Morgan fingerprint density at radius 3 is 2.08 bits per heavy atom. The molecule has 0 bridgehead atoms. The van der Waals surface area contributed by atoms with Crippen molar-refractivity contribution in [3.63, 3.8) is 0 Å². The van der Waals surface area contributed by atoms with Gasteiger partial charge in [0.2, 0.25) is 0 Å². The average Bonchev–Trinajstić information content (AvgIpc) is 2.04. The fraction of sp³-hybridized carbons (Fsp3) is 0.125. The molecule has 0 unspecified atom stereocenters. The number of halogens is 2. The van der Waals surface area contributed by atoms with E-state index < -0.39 is 10.8 Å². The number of hydrogen-bond acceptors (Lipinski definition) is 1. The summed E-state index contributed by atoms with van der Waals surface area (Å²) in [5.41, 5.74) is 0.927. The number of carboxylic acids is 1. The molecule has 1 aromatic carbocycles. The third-order valence-corrected chi connectivity index (χ3v) is 1.91. The third-order valence-electron chi connectivity index (χ3n) is 1.41. The molecule has 2 nitrogen and oxygen atoms in total. The molecule has 0 aromatic heterocycles. The summed E-state index contributed by atoms with van der Waals surface area (Å²) in [7, 11) is 0. The van der Waals surface area contributed by atoms with Crippen LogP contribution in [0.15, 0.2) is 24.3 Å². The number of rotatable bonds is 2. The van der Waals surface area contributed by atoms with Crippen LogP contribution in [0.5, 0.6) is 0 Å². The van der Waals surface area contributed by atoms with Gasteiger partial charge in [-0.1, -0.05) is 12.1 Å². The minimum absolute atomic E-state index is 0.229. The zero-order valence-electron chi connectivity index (χ0n) is 6.00. The predicted molar refractivity (Wildman–Crippen MR) is 47.8 cm³/mol. The maximum Gasteiger partial charge on any atom is 0.335 e. The summed E-state index contributed by atoms with van der Waals surface area (Å²) in [4.78, 5) is 9.81. The maximum atomic E-state index is 10.4. The molecule has 12 heavy (non-hydrogen) atoms. The molecule has 0 saturated heterocycles. The number of benzene rings is 1. The van der Waals surface area contributed by atoms with Crippen molar-refractivity contribution in [1.29, 1.82) is 0 Å². The monoisotopic (exact) mass is 204 g/mol. The van der Waals surface area contributed by atoms with Gasteiger partial charge in [0.25, 0.3) is 0 Å². The van der Waals surface area contributed by atoms with Crippen LogP contribution in [-0.4, -0.2) is 11.1 Å². The molecular weight excluding hydrogens is 199 g/mol. The number of carboxylic acid groups (broad SMARTS) is 1. The first-order valence-corrected chi connectivity index (χ1v) is 4.10. The zero-order chi connectivity index (χ0) is 9.14. The summed E-state index contributed by atoms with van der Waals surface area (Å²) in [6.07, 6.45) is 0. The van der Waals surface area contributed by atoms with Crippen molar-refractivity contribution in [1.82, 2.24) is 0 Å². The van der Waals surface area contributed by atoms with Crippen LogP contribution in [0.3, 0.4) is 0 Å². The highest BCUT2D eigenvalue weighted by Gasteiger charge is 2.05. The molecule has 0 aliphatic rings. The largest absolute Gasteiger partial charge is 0.478 e. The van der Waals surface area contributed by atoms with Crippen LogP contribution in [0, 0.1) is 0 Å². The summed E-state index contributed by atoms with van der Waals surface area (Å²) in [6, 6.07) is 6.12. The van der Waals surface area contributed by atoms with Crippen molar-refractivity contribution in [2.24, 2.45) is 0 Å². The van der Waals surface area contributed by atoms with E-state index in [2.05, 4.69) is 0 Å². The van der Waals surface area contributed by atoms with E-state index in [1.807, 2.05) is 0 Å². The SMILES string of the molecule is O=C(O)c1ccc(C(Cl)Cl)cc1. The Morgan fingerprint density at radius 1 is 1.25 bits per heavy atom. The predicted octanol–water partition coefficient (Wildman–Crippen LogP) is 2.86. The van der Waals surface area contributed by atoms with Gasteiger partial charge in [0, 0.05) is 0 Å². The van der Waals surface area contributed by atoms with Gasteiger partial charge in [-0.05, 0) is 17.7 Å². The van der Waals surface area contributed by atoms with E-state index in [9.17, 15) is 4.79 Å². The Morgan fingerprint density at radius 2 is 1.75 bits per heavy atom. The van der Waals surface area contributed by atoms with Crippen molar-refractivity contribution >= 4 is 29.2 Å². The normalized spacial score (nSPS) is 10.2. The molecule has 4 heteroatoms. The topological polar surface area (TPSA) is 37.3 Å². The third kappa shape index (κ3) is 2.13. The van der Waals surface area contributed by atoms with Crippen molar-refractivity contribution in [2.75, 3.05) is 0 Å². The highest BCUT2D eigenvalue weighted by molar-refractivity contribution is 6.44. The van der Waals surface area contributed by atoms with Crippen LogP contribution in [0.4, 0.5) is 0 Å². The molecule has 0 aliphatic heterocycles. The van der Waals surface area contributed by atoms with Crippen LogP contribution in [0.2, 0.25) is 0 Å². The number of carbonyl (C=O) groups is 1. The Bertz CT molecular complexity index is 280. The highest BCUT2D eigenvalue weighted by Crippen LogP contribution is 2.24. The van der Waals surface area contributed by atoms with E-state index in [-0.39, 0.29) is 5.56 Å². The number of aromatic carboxylic acids is 1. The first-order valence-electron chi connectivity index (χ1n) is 3.22. The van der Waals surface area contributed by atoms with Crippen molar-refractivity contribution < 1.29 is 9.90 Å². The van der Waals surface area contributed by atoms with Gasteiger partial charge in [-0.25, -0.2) is 4.79 Å². The van der Waals surface area contributed by atoms with Gasteiger partial charge in [0.15, 0.2) is 0 Å². The second-order valence-electron chi connectivity index (χ2n) is 2.23. The lowest BCUT2D eigenvalue weighted by Crippen LogP contribution is -1.95. The van der Waals surface area contributed by atoms with Gasteiger partial charge in [-0.3, -0.25) is 0 Å². The number of hydrogen-bond donors (Lipinski definition) is 1. The highest BCUT2D eigenvalue weighted by atomic mass is 35.5. The molecular formula is C8H6Cl2O2. The summed E-state index contributed by atoms with van der Waals surface area (Å²) in [6.45, 7) is 0. The lowest BCUT2D eigenvalue weighted by molar-refractivity contribution is 0.0697. The summed E-state index contributed by atoms with van der Waals surface area (Å²) >= 11 is 11.1. The Labute approximate surface area is 79.7 Å². The lowest BCUT2D eigenvalue weighted by Gasteiger charge is -2.00. The van der Waals surface area contributed by atoms with Gasteiger partial charge >= 0.3 is 5.97 Å². The van der Waals surface area contributed by atoms with Crippen molar-refractivity contribution in [2.45, 2.75) is 4.84 Å². The standard InChI is InChI=1S/C8H6Cl2O2/c9-7(10)5-1-3-6(4-2-5)8(11)12/h1-4,7H,(H,11,12). The Balaban J connectivity index is 2.93. The second-order valence-corrected chi connectivity index (χ2v) is 3.32. The van der Waals surface area contributed by atoms with Crippen LogP contribution in [0.25, 0.3) is 0 Å². The Kier molecular flexibility index (Phi) is 2.95. The zero-order valence-corrected chi connectivity index (χ0v) is 7.51. The average molecular weight is 205 g/mol. The van der Waals surface area contributed by atoms with E-state index >= 15 is 0 Å². The summed E-state index contributed by atoms with van der Waals surface area (Å²) in [5, 5.41) is 8.55. The molecule has 0 atom stereocenters. The maximum absolute atomic E-state index is 10.4. The smallest absolute Gasteiger partial charge is 0.335 e. The summed E-state index contributed by atoms with van der Waals surface area (Å²) < 4.78 is 0. The van der Waals surface area contributed by atoms with Crippen LogP contribution in [0.1, 0.15) is 20.8 Å². The van der Waals surface area contributed by atoms with E-state index in [1.54, 1.807) is 12.1 Å². The lowest BCUT2D eigenvalue weighted by atomic mass is 10.1. The van der Waals surface area contributed by atoms with Crippen LogP contribution in [-0.2, 0) is 0 Å². The molecule has 1 N–H and O–H groups in total. The molecule has 0 aliphatic carbocycles. The van der Waals surface area contributed by atoms with Gasteiger partial charge in [0.1, 0.15) is 4.84 Å². The van der Waals surface area contributed by atoms with Crippen LogP contribution < -0.4 is 0 Å². The van der Waals surface area contributed by atoms with E-state index in [4.69, 9.17) is 28.3 Å². The van der Waals surface area contributed by atoms with E-state index in [0.29, 0.717) is 5.56 Å². The second kappa shape index (κ2) is 3.78. The van der Waals surface area contributed by atoms with E-state index in [0.717, 1.165) is 0 Å². The van der Waals surface area contributed by atoms with Gasteiger partial charge in [0.05, 0.1) is 5.56 Å². The molecule has 0 fully saturated rings. The minimum Gasteiger partial charge on any atom is -0.478 e. The molecule has 0 saturated carbocycles. The molecule has 1 aromatic rings. The van der Waals surface area contributed by atoms with Gasteiger partial charge < -0.3 is 5.11 Å². The molecule has 64 valence electrons. The van der Waals surface area contributed by atoms with Gasteiger partial charge in [-0.2, -0.15) is 0 Å². The molecule has 0 spiro atoms. The fourth-order valence-electron chi connectivity index (χ4n) is 0.771. The van der Waals surface area contributed by atoms with Crippen molar-refractivity contribution in [3.8, 4) is 0 Å².